The Hall–Kier alpha value is -0.990. The van der Waals surface area contributed by atoms with Crippen LogP contribution in [0.15, 0.2) is 12.7 Å². The Labute approximate surface area is 111 Å². The molecule has 18 heavy (non-hydrogen) atoms. The van der Waals surface area contributed by atoms with Crippen LogP contribution >= 0.6 is 0 Å². The zero-order valence-electron chi connectivity index (χ0n) is 12.2. The van der Waals surface area contributed by atoms with E-state index in [4.69, 9.17) is 4.74 Å². The fourth-order valence-electron chi connectivity index (χ4n) is 2.14. The molecule has 0 aromatic rings. The third-order valence-electron chi connectivity index (χ3n) is 3.32. The number of carbonyl (C=O) groups excluding carboxylic acids is 1. The maximum Gasteiger partial charge on any atom is 0.410 e. The van der Waals surface area contributed by atoms with Gasteiger partial charge in [0, 0.05) is 13.1 Å². The lowest BCUT2D eigenvalue weighted by molar-refractivity contribution is 0.0256. The van der Waals surface area contributed by atoms with Crippen molar-refractivity contribution in [3.8, 4) is 0 Å². The molecule has 0 aromatic carbocycles. The van der Waals surface area contributed by atoms with Crippen molar-refractivity contribution in [1.82, 2.24) is 4.90 Å². The van der Waals surface area contributed by atoms with Crippen LogP contribution in [0.25, 0.3) is 0 Å². The predicted octanol–water partition coefficient (Wildman–Crippen LogP) is 3.85. The molecule has 3 heteroatoms. The molecule has 0 radical (unpaired) electrons. The molecule has 0 bridgehead atoms. The normalized spacial score (nSPS) is 22.4. The van der Waals surface area contributed by atoms with E-state index in [1.165, 1.54) is 12.8 Å². The molecule has 1 rings (SSSR count). The fourth-order valence-corrected chi connectivity index (χ4v) is 2.14. The summed E-state index contributed by atoms with van der Waals surface area (Å²) in [6.07, 6.45) is 5.39. The lowest BCUT2D eigenvalue weighted by Crippen LogP contribution is -2.37. The Morgan fingerprint density at radius 2 is 2.17 bits per heavy atom. The number of allylic oxidation sites excluding steroid dienone is 1. The van der Waals surface area contributed by atoms with Gasteiger partial charge >= 0.3 is 6.09 Å². The van der Waals surface area contributed by atoms with Crippen LogP contribution in [0.5, 0.6) is 0 Å². The second-order valence-corrected chi connectivity index (χ2v) is 6.10. The zero-order chi connectivity index (χ0) is 13.8. The van der Waals surface area contributed by atoms with Gasteiger partial charge in [-0.3, -0.25) is 0 Å². The van der Waals surface area contributed by atoms with Crippen molar-refractivity contribution in [3.63, 3.8) is 0 Å². The maximum absolute atomic E-state index is 11.9. The largest absolute Gasteiger partial charge is 0.444 e. The first kappa shape index (κ1) is 15.1. The van der Waals surface area contributed by atoms with Crippen molar-refractivity contribution in [2.24, 2.45) is 11.8 Å². The highest BCUT2D eigenvalue weighted by molar-refractivity contribution is 5.68. The van der Waals surface area contributed by atoms with Gasteiger partial charge in [-0.25, -0.2) is 4.79 Å². The van der Waals surface area contributed by atoms with Crippen molar-refractivity contribution in [2.75, 3.05) is 13.1 Å². The third kappa shape index (κ3) is 5.11. The Bertz CT molecular complexity index is 293. The molecule has 0 saturated heterocycles. The summed E-state index contributed by atoms with van der Waals surface area (Å²) in [5.41, 5.74) is -0.408. The van der Waals surface area contributed by atoms with Gasteiger partial charge in [0.05, 0.1) is 0 Å². The van der Waals surface area contributed by atoms with E-state index in [2.05, 4.69) is 12.7 Å². The lowest BCUT2D eigenvalue weighted by Gasteiger charge is -2.26. The minimum Gasteiger partial charge on any atom is -0.444 e. The Morgan fingerprint density at radius 3 is 2.61 bits per heavy atom. The molecule has 1 fully saturated rings. The molecule has 0 N–H and O–H groups in total. The molecule has 0 spiro atoms. The smallest absolute Gasteiger partial charge is 0.410 e. The number of hydrogen-bond acceptors (Lipinski definition) is 2. The van der Waals surface area contributed by atoms with Gasteiger partial charge in [-0.1, -0.05) is 6.08 Å². The Kier molecular flexibility index (Phi) is 5.24. The van der Waals surface area contributed by atoms with Gasteiger partial charge in [0.15, 0.2) is 0 Å². The summed E-state index contributed by atoms with van der Waals surface area (Å²) in [6, 6.07) is 0. The van der Waals surface area contributed by atoms with Crippen LogP contribution in [0.4, 0.5) is 4.79 Å². The summed E-state index contributed by atoms with van der Waals surface area (Å²) in [4.78, 5) is 13.7. The molecule has 1 aliphatic carbocycles. The first-order valence-corrected chi connectivity index (χ1v) is 6.98. The number of carbonyl (C=O) groups is 1. The Morgan fingerprint density at radius 1 is 1.50 bits per heavy atom. The number of rotatable bonds is 6. The quantitative estimate of drug-likeness (QED) is 0.673. The summed E-state index contributed by atoms with van der Waals surface area (Å²) < 4.78 is 5.38. The number of amides is 1. The van der Waals surface area contributed by atoms with E-state index in [1.54, 1.807) is 4.90 Å². The van der Waals surface area contributed by atoms with Crippen molar-refractivity contribution in [1.29, 1.82) is 0 Å². The average molecular weight is 253 g/mol. The van der Waals surface area contributed by atoms with Gasteiger partial charge in [0.25, 0.3) is 0 Å². The highest BCUT2D eigenvalue weighted by atomic mass is 16.6. The standard InChI is InChI=1S/C15H27NO2/c1-6-12-11-13(12)9-8-10-16(7-2)14(17)18-15(3,4)5/h6,12-13H,1,7-11H2,2-5H3. The van der Waals surface area contributed by atoms with Crippen LogP contribution in [0.2, 0.25) is 0 Å². The van der Waals surface area contributed by atoms with Crippen LogP contribution in [0.3, 0.4) is 0 Å². The van der Waals surface area contributed by atoms with Crippen LogP contribution in [0.1, 0.15) is 47.0 Å². The van der Waals surface area contributed by atoms with Gasteiger partial charge in [0.2, 0.25) is 0 Å². The first-order chi connectivity index (χ1) is 8.37. The zero-order valence-corrected chi connectivity index (χ0v) is 12.2. The number of nitrogens with zero attached hydrogens (tertiary/aromatic N) is 1. The van der Waals surface area contributed by atoms with Crippen molar-refractivity contribution < 1.29 is 9.53 Å². The molecule has 0 aromatic heterocycles. The number of ether oxygens (including phenoxy) is 1. The van der Waals surface area contributed by atoms with Gasteiger partial charge in [0.1, 0.15) is 5.60 Å². The average Bonchev–Trinajstić information content (AvgIpc) is 3.00. The van der Waals surface area contributed by atoms with E-state index in [9.17, 15) is 4.79 Å². The summed E-state index contributed by atoms with van der Waals surface area (Å²) >= 11 is 0. The molecular weight excluding hydrogens is 226 g/mol. The van der Waals surface area contributed by atoms with Crippen LogP contribution in [0, 0.1) is 11.8 Å². The summed E-state index contributed by atoms with van der Waals surface area (Å²) in [7, 11) is 0. The highest BCUT2D eigenvalue weighted by Gasteiger charge is 2.33. The van der Waals surface area contributed by atoms with E-state index in [0.717, 1.165) is 24.8 Å². The summed E-state index contributed by atoms with van der Waals surface area (Å²) in [5.74, 6) is 1.53. The van der Waals surface area contributed by atoms with Crippen LogP contribution < -0.4 is 0 Å². The van der Waals surface area contributed by atoms with E-state index in [-0.39, 0.29) is 6.09 Å². The molecular formula is C15H27NO2. The van der Waals surface area contributed by atoms with Crippen molar-refractivity contribution in [2.45, 2.75) is 52.6 Å². The molecule has 2 unspecified atom stereocenters. The first-order valence-electron chi connectivity index (χ1n) is 6.98. The Balaban J connectivity index is 2.24. The third-order valence-corrected chi connectivity index (χ3v) is 3.32. The van der Waals surface area contributed by atoms with Gasteiger partial charge in [-0.05, 0) is 58.8 Å². The second-order valence-electron chi connectivity index (χ2n) is 6.10. The minimum atomic E-state index is -0.408. The molecule has 104 valence electrons. The van der Waals surface area contributed by atoms with Gasteiger partial charge in [-0.15, -0.1) is 6.58 Å². The number of hydrogen-bond donors (Lipinski definition) is 0. The molecule has 1 aliphatic rings. The maximum atomic E-state index is 11.9. The molecule has 0 heterocycles. The topological polar surface area (TPSA) is 29.5 Å². The predicted molar refractivity (Wildman–Crippen MR) is 74.5 cm³/mol. The highest BCUT2D eigenvalue weighted by Crippen LogP contribution is 2.42. The van der Waals surface area contributed by atoms with Crippen LogP contribution in [-0.4, -0.2) is 29.7 Å². The molecule has 2 atom stereocenters. The van der Waals surface area contributed by atoms with E-state index in [0.29, 0.717) is 6.54 Å². The summed E-state index contributed by atoms with van der Waals surface area (Å²) in [5, 5.41) is 0. The SMILES string of the molecule is C=CC1CC1CCCN(CC)C(=O)OC(C)(C)C. The van der Waals surface area contributed by atoms with E-state index >= 15 is 0 Å². The summed E-state index contributed by atoms with van der Waals surface area (Å²) in [6.45, 7) is 13.0. The van der Waals surface area contributed by atoms with Gasteiger partial charge < -0.3 is 9.64 Å². The molecule has 1 saturated carbocycles. The van der Waals surface area contributed by atoms with E-state index < -0.39 is 5.60 Å². The second kappa shape index (κ2) is 6.26. The molecule has 3 nitrogen and oxygen atoms in total. The monoisotopic (exact) mass is 253 g/mol. The fraction of sp³-hybridized carbons (Fsp3) is 0.800. The lowest BCUT2D eigenvalue weighted by atomic mass is 10.2. The van der Waals surface area contributed by atoms with Crippen molar-refractivity contribution >= 4 is 6.09 Å². The van der Waals surface area contributed by atoms with Crippen molar-refractivity contribution in [3.05, 3.63) is 12.7 Å². The van der Waals surface area contributed by atoms with E-state index in [1.807, 2.05) is 27.7 Å². The molecule has 0 aliphatic heterocycles. The van der Waals surface area contributed by atoms with Gasteiger partial charge in [-0.2, -0.15) is 0 Å². The molecule has 1 amide bonds. The minimum absolute atomic E-state index is 0.193. The van der Waals surface area contributed by atoms with Crippen LogP contribution in [-0.2, 0) is 4.74 Å².